The Morgan fingerprint density at radius 2 is 1.79 bits per heavy atom. The quantitative estimate of drug-likeness (QED) is 0.619. The van der Waals surface area contributed by atoms with Gasteiger partial charge in [-0.3, -0.25) is 4.98 Å². The van der Waals surface area contributed by atoms with Crippen molar-refractivity contribution in [3.05, 3.63) is 29.1 Å². The molecule has 0 atom stereocenters. The van der Waals surface area contributed by atoms with E-state index in [1.54, 1.807) is 0 Å². The summed E-state index contributed by atoms with van der Waals surface area (Å²) in [7, 11) is 0. The molecule has 0 spiro atoms. The minimum atomic E-state index is -5.12. The first kappa shape index (κ1) is 15.3. The number of hydrogen-bond donors (Lipinski definition) is 0. The van der Waals surface area contributed by atoms with E-state index >= 15 is 0 Å². The van der Waals surface area contributed by atoms with E-state index in [9.17, 15) is 31.1 Å². The van der Waals surface area contributed by atoms with E-state index in [-0.39, 0.29) is 18.9 Å². The lowest BCUT2D eigenvalue weighted by Crippen LogP contribution is -2.19. The van der Waals surface area contributed by atoms with Crippen molar-refractivity contribution in [3.63, 3.8) is 0 Å². The van der Waals surface area contributed by atoms with Crippen molar-refractivity contribution in [2.24, 2.45) is 0 Å². The molecule has 0 aliphatic rings. The van der Waals surface area contributed by atoms with Crippen LogP contribution in [-0.4, -0.2) is 17.6 Å². The third-order valence-electron chi connectivity index (χ3n) is 2.00. The van der Waals surface area contributed by atoms with Gasteiger partial charge in [-0.05, 0) is 13.0 Å². The molecule has 0 aromatic carbocycles. The minimum Gasteiger partial charge on any atom is -0.462 e. The van der Waals surface area contributed by atoms with Gasteiger partial charge in [-0.2, -0.15) is 26.3 Å². The van der Waals surface area contributed by atoms with Gasteiger partial charge in [0, 0.05) is 6.20 Å². The molecule has 0 aliphatic carbocycles. The summed E-state index contributed by atoms with van der Waals surface area (Å²) in [5.74, 6) is -1.38. The predicted molar refractivity (Wildman–Crippen MR) is 50.2 cm³/mol. The number of carbonyl (C=O) groups excluding carboxylic acids is 1. The highest BCUT2D eigenvalue weighted by Gasteiger charge is 2.40. The van der Waals surface area contributed by atoms with Gasteiger partial charge >= 0.3 is 18.3 Å². The molecular formula is C10H7F6NO2. The molecule has 9 heteroatoms. The van der Waals surface area contributed by atoms with Crippen LogP contribution in [0.25, 0.3) is 0 Å². The Labute approximate surface area is 103 Å². The summed E-state index contributed by atoms with van der Waals surface area (Å²) < 4.78 is 79.0. The second kappa shape index (κ2) is 5.06. The van der Waals surface area contributed by atoms with Gasteiger partial charge in [0.1, 0.15) is 5.69 Å². The summed E-state index contributed by atoms with van der Waals surface area (Å²) in [6.07, 6.45) is -9.94. The monoisotopic (exact) mass is 287 g/mol. The van der Waals surface area contributed by atoms with E-state index in [2.05, 4.69) is 9.72 Å². The molecule has 0 saturated heterocycles. The summed E-state index contributed by atoms with van der Waals surface area (Å²) in [5, 5.41) is 0. The van der Waals surface area contributed by atoms with Gasteiger partial charge in [0.25, 0.3) is 0 Å². The van der Waals surface area contributed by atoms with Crippen molar-refractivity contribution in [2.75, 3.05) is 6.61 Å². The zero-order valence-electron chi connectivity index (χ0n) is 9.39. The predicted octanol–water partition coefficient (Wildman–Crippen LogP) is 3.30. The highest BCUT2D eigenvalue weighted by molar-refractivity contribution is 5.91. The minimum absolute atomic E-state index is 0.211. The molecular weight excluding hydrogens is 280 g/mol. The highest BCUT2D eigenvalue weighted by atomic mass is 19.4. The lowest BCUT2D eigenvalue weighted by Gasteiger charge is -2.14. The summed E-state index contributed by atoms with van der Waals surface area (Å²) in [6.45, 7) is 1.14. The Balaban J connectivity index is 3.38. The maximum Gasteiger partial charge on any atom is 0.433 e. The molecule has 0 fully saturated rings. The number of nitrogens with zero attached hydrogens (tertiary/aromatic N) is 1. The molecule has 1 aromatic heterocycles. The van der Waals surface area contributed by atoms with E-state index in [1.165, 1.54) is 6.92 Å². The number of ether oxygens (including phenoxy) is 1. The Morgan fingerprint density at radius 1 is 1.21 bits per heavy atom. The molecule has 19 heavy (non-hydrogen) atoms. The van der Waals surface area contributed by atoms with Crippen LogP contribution in [0, 0.1) is 0 Å². The number of alkyl halides is 6. The fourth-order valence-electron chi connectivity index (χ4n) is 1.22. The normalized spacial score (nSPS) is 12.4. The number of hydrogen-bond acceptors (Lipinski definition) is 3. The summed E-state index contributed by atoms with van der Waals surface area (Å²) >= 11 is 0. The van der Waals surface area contributed by atoms with Crippen LogP contribution in [0.3, 0.4) is 0 Å². The van der Waals surface area contributed by atoms with Crippen molar-refractivity contribution in [1.82, 2.24) is 4.98 Å². The first-order chi connectivity index (χ1) is 8.57. The maximum absolute atomic E-state index is 12.6. The van der Waals surface area contributed by atoms with Crippen LogP contribution >= 0.6 is 0 Å². The van der Waals surface area contributed by atoms with Crippen molar-refractivity contribution in [3.8, 4) is 0 Å². The van der Waals surface area contributed by atoms with Crippen LogP contribution in [0.2, 0.25) is 0 Å². The Hall–Kier alpha value is -1.80. The third kappa shape index (κ3) is 3.58. The summed E-state index contributed by atoms with van der Waals surface area (Å²) in [6, 6.07) is -0.216. The van der Waals surface area contributed by atoms with Gasteiger partial charge in [0.15, 0.2) is 0 Å². The number of aromatic nitrogens is 1. The molecule has 1 heterocycles. The largest absolute Gasteiger partial charge is 0.462 e. The Bertz CT molecular complexity index is 480. The molecule has 0 aliphatic heterocycles. The van der Waals surface area contributed by atoms with Gasteiger partial charge in [0.2, 0.25) is 0 Å². The molecule has 0 N–H and O–H groups in total. The van der Waals surface area contributed by atoms with E-state index < -0.39 is 35.1 Å². The van der Waals surface area contributed by atoms with Gasteiger partial charge in [-0.15, -0.1) is 0 Å². The van der Waals surface area contributed by atoms with Crippen LogP contribution in [0.4, 0.5) is 26.3 Å². The van der Waals surface area contributed by atoms with E-state index in [1.807, 2.05) is 0 Å². The van der Waals surface area contributed by atoms with Crippen LogP contribution in [0.1, 0.15) is 28.5 Å². The number of pyridine rings is 1. The smallest absolute Gasteiger partial charge is 0.433 e. The molecule has 0 unspecified atom stereocenters. The lowest BCUT2D eigenvalue weighted by atomic mass is 10.1. The van der Waals surface area contributed by atoms with Crippen LogP contribution in [-0.2, 0) is 17.1 Å². The molecule has 1 rings (SSSR count). The van der Waals surface area contributed by atoms with E-state index in [4.69, 9.17) is 0 Å². The van der Waals surface area contributed by atoms with Gasteiger partial charge in [-0.25, -0.2) is 4.79 Å². The van der Waals surface area contributed by atoms with Crippen LogP contribution in [0.5, 0.6) is 0 Å². The topological polar surface area (TPSA) is 39.2 Å². The molecule has 3 nitrogen and oxygen atoms in total. The van der Waals surface area contributed by atoms with Crippen molar-refractivity contribution >= 4 is 5.97 Å². The summed E-state index contributed by atoms with van der Waals surface area (Å²) in [5.41, 5.74) is -4.51. The van der Waals surface area contributed by atoms with Crippen LogP contribution < -0.4 is 0 Å². The second-order valence-electron chi connectivity index (χ2n) is 3.33. The van der Waals surface area contributed by atoms with Gasteiger partial charge in [0.05, 0.1) is 17.7 Å². The average Bonchev–Trinajstić information content (AvgIpc) is 2.26. The highest BCUT2D eigenvalue weighted by Crippen LogP contribution is 2.36. The van der Waals surface area contributed by atoms with Crippen LogP contribution in [0.15, 0.2) is 12.3 Å². The van der Waals surface area contributed by atoms with Crippen molar-refractivity contribution in [2.45, 2.75) is 19.3 Å². The fraction of sp³-hybridized carbons (Fsp3) is 0.400. The first-order valence-electron chi connectivity index (χ1n) is 4.89. The molecule has 0 saturated carbocycles. The Kier molecular flexibility index (Phi) is 4.06. The zero-order valence-corrected chi connectivity index (χ0v) is 9.39. The van der Waals surface area contributed by atoms with E-state index in [0.29, 0.717) is 0 Å². The van der Waals surface area contributed by atoms with Crippen molar-refractivity contribution in [1.29, 1.82) is 0 Å². The number of carbonyl (C=O) groups is 1. The van der Waals surface area contributed by atoms with E-state index in [0.717, 1.165) is 0 Å². The number of rotatable bonds is 2. The molecule has 0 bridgehead atoms. The third-order valence-corrected chi connectivity index (χ3v) is 2.00. The first-order valence-corrected chi connectivity index (χ1v) is 4.89. The number of esters is 1. The average molecular weight is 287 g/mol. The zero-order chi connectivity index (χ0) is 14.8. The molecule has 0 radical (unpaired) electrons. The number of halogens is 6. The molecule has 0 amide bonds. The lowest BCUT2D eigenvalue weighted by molar-refractivity contribution is -0.145. The maximum atomic E-state index is 12.6. The molecule has 1 aromatic rings. The standard InChI is InChI=1S/C10H7F6NO2/c1-2-19-8(18)5-4-17-7(10(14,15)16)3-6(5)9(11,12)13/h3-4H,2H2,1H3. The Morgan fingerprint density at radius 3 is 2.21 bits per heavy atom. The fourth-order valence-corrected chi connectivity index (χ4v) is 1.22. The second-order valence-corrected chi connectivity index (χ2v) is 3.33. The van der Waals surface area contributed by atoms with Crippen molar-refractivity contribution < 1.29 is 35.9 Å². The van der Waals surface area contributed by atoms with Gasteiger partial charge in [-0.1, -0.05) is 0 Å². The molecule has 106 valence electrons. The van der Waals surface area contributed by atoms with Gasteiger partial charge < -0.3 is 4.74 Å². The summed E-state index contributed by atoms with van der Waals surface area (Å²) in [4.78, 5) is 14.0. The SMILES string of the molecule is CCOC(=O)c1cnc(C(F)(F)F)cc1C(F)(F)F.